The van der Waals surface area contributed by atoms with E-state index in [0.717, 1.165) is 29.2 Å². The molecule has 3 aromatic rings. The van der Waals surface area contributed by atoms with E-state index in [9.17, 15) is 22.8 Å². The Bertz CT molecular complexity index is 1190. The zero-order valence-corrected chi connectivity index (χ0v) is 19.2. The summed E-state index contributed by atoms with van der Waals surface area (Å²) in [5.74, 6) is -0.565. The number of anilines is 2. The molecule has 1 unspecified atom stereocenters. The highest BCUT2D eigenvalue weighted by Crippen LogP contribution is 2.32. The predicted octanol–water partition coefficient (Wildman–Crippen LogP) is 4.55. The lowest BCUT2D eigenvalue weighted by atomic mass is 10.1. The molecule has 1 atom stereocenters. The van der Waals surface area contributed by atoms with Crippen molar-refractivity contribution in [1.82, 2.24) is 15.3 Å². The van der Waals surface area contributed by atoms with Crippen molar-refractivity contribution in [1.29, 1.82) is 0 Å². The van der Waals surface area contributed by atoms with Gasteiger partial charge < -0.3 is 15.8 Å². The second-order valence-electron chi connectivity index (χ2n) is 7.33. The third-order valence-corrected chi connectivity index (χ3v) is 4.87. The Morgan fingerprint density at radius 2 is 1.89 bits per heavy atom. The number of rotatable bonds is 7. The summed E-state index contributed by atoms with van der Waals surface area (Å²) in [5.41, 5.74) is 5.68. The topological polar surface area (TPSA) is 110 Å². The van der Waals surface area contributed by atoms with Crippen molar-refractivity contribution in [3.05, 3.63) is 71.4 Å². The molecule has 2 aromatic carbocycles. The molecule has 3 rings (SSSR count). The Hall–Kier alpha value is -3.70. The van der Waals surface area contributed by atoms with Gasteiger partial charge in [-0.05, 0) is 49.4 Å². The third-order valence-electron chi connectivity index (χ3n) is 4.64. The van der Waals surface area contributed by atoms with Gasteiger partial charge >= 0.3 is 12.3 Å². The first kappa shape index (κ1) is 25.9. The summed E-state index contributed by atoms with van der Waals surface area (Å²) >= 11 is 6.05. The standard InChI is InChI=1S/C23H21ClF3N5O3/c1-14(28)20(33)29-11-12-35-22(34)32(18-7-5-16(6-8-18)23(25,26)27)21-30-10-9-19(31-21)15-3-2-4-17(24)13-15/h2-10,13-14H,11-12,28H2,1H3,(H,29,33). The first-order valence-corrected chi connectivity index (χ1v) is 10.7. The van der Waals surface area contributed by atoms with E-state index >= 15 is 0 Å². The Balaban J connectivity index is 1.90. The van der Waals surface area contributed by atoms with Gasteiger partial charge in [-0.2, -0.15) is 13.2 Å². The summed E-state index contributed by atoms with van der Waals surface area (Å²) in [5, 5.41) is 2.96. The molecule has 0 aliphatic heterocycles. The first-order chi connectivity index (χ1) is 16.6. The van der Waals surface area contributed by atoms with Gasteiger partial charge in [-0.25, -0.2) is 19.7 Å². The molecule has 0 saturated carbocycles. The minimum absolute atomic E-state index is 0.0175. The molecule has 8 nitrogen and oxygen atoms in total. The molecule has 0 saturated heterocycles. The summed E-state index contributed by atoms with van der Waals surface area (Å²) < 4.78 is 44.3. The molecule has 184 valence electrons. The Morgan fingerprint density at radius 3 is 2.51 bits per heavy atom. The monoisotopic (exact) mass is 507 g/mol. The number of nitrogens with two attached hydrogens (primary N) is 1. The van der Waals surface area contributed by atoms with Gasteiger partial charge in [0.2, 0.25) is 11.9 Å². The maximum absolute atomic E-state index is 13.0. The molecule has 35 heavy (non-hydrogen) atoms. The molecule has 1 aromatic heterocycles. The molecule has 0 aliphatic rings. The lowest BCUT2D eigenvalue weighted by Crippen LogP contribution is -2.40. The van der Waals surface area contributed by atoms with E-state index in [1.54, 1.807) is 30.3 Å². The molecule has 0 bridgehead atoms. The average Bonchev–Trinajstić information content (AvgIpc) is 2.82. The number of benzene rings is 2. The Morgan fingerprint density at radius 1 is 1.17 bits per heavy atom. The highest BCUT2D eigenvalue weighted by molar-refractivity contribution is 6.30. The molecular weight excluding hydrogens is 487 g/mol. The van der Waals surface area contributed by atoms with Gasteiger partial charge in [-0.3, -0.25) is 4.79 Å². The third kappa shape index (κ3) is 6.90. The second kappa shape index (κ2) is 11.2. The predicted molar refractivity (Wildman–Crippen MR) is 124 cm³/mol. The Kier molecular flexibility index (Phi) is 8.26. The van der Waals surface area contributed by atoms with Gasteiger partial charge in [0.1, 0.15) is 6.61 Å². The van der Waals surface area contributed by atoms with E-state index in [1.807, 2.05) is 0 Å². The summed E-state index contributed by atoms with van der Waals surface area (Å²) in [6.07, 6.45) is -4.11. The maximum atomic E-state index is 13.0. The molecule has 12 heteroatoms. The number of nitrogens with zero attached hydrogens (tertiary/aromatic N) is 3. The fourth-order valence-corrected chi connectivity index (χ4v) is 3.10. The van der Waals surface area contributed by atoms with Crippen LogP contribution in [0.2, 0.25) is 5.02 Å². The number of ether oxygens (including phenoxy) is 1. The highest BCUT2D eigenvalue weighted by Gasteiger charge is 2.31. The van der Waals surface area contributed by atoms with E-state index in [0.29, 0.717) is 16.3 Å². The van der Waals surface area contributed by atoms with E-state index in [4.69, 9.17) is 22.1 Å². The van der Waals surface area contributed by atoms with Crippen LogP contribution in [0.3, 0.4) is 0 Å². The van der Waals surface area contributed by atoms with Crippen LogP contribution in [0.4, 0.5) is 29.6 Å². The molecule has 3 N–H and O–H groups in total. The number of amides is 2. The zero-order chi connectivity index (χ0) is 25.6. The van der Waals surface area contributed by atoms with Crippen LogP contribution in [0.5, 0.6) is 0 Å². The van der Waals surface area contributed by atoms with Crippen LogP contribution >= 0.6 is 11.6 Å². The van der Waals surface area contributed by atoms with Crippen LogP contribution in [-0.2, 0) is 15.7 Å². The maximum Gasteiger partial charge on any atom is 0.421 e. The lowest BCUT2D eigenvalue weighted by Gasteiger charge is -2.21. The Labute approximate surface area is 203 Å². The van der Waals surface area contributed by atoms with Crippen molar-refractivity contribution in [2.75, 3.05) is 18.1 Å². The molecular formula is C23H21ClF3N5O3. The molecule has 0 aliphatic carbocycles. The number of halogens is 4. The highest BCUT2D eigenvalue weighted by atomic mass is 35.5. The fourth-order valence-electron chi connectivity index (χ4n) is 2.90. The molecule has 1 heterocycles. The van der Waals surface area contributed by atoms with Gasteiger partial charge in [0.25, 0.3) is 0 Å². The van der Waals surface area contributed by atoms with Crippen LogP contribution in [0.25, 0.3) is 11.3 Å². The summed E-state index contributed by atoms with van der Waals surface area (Å²) in [7, 11) is 0. The number of nitrogens with one attached hydrogen (secondary N) is 1. The van der Waals surface area contributed by atoms with Crippen LogP contribution < -0.4 is 16.0 Å². The van der Waals surface area contributed by atoms with Gasteiger partial charge in [0, 0.05) is 16.8 Å². The van der Waals surface area contributed by atoms with Crippen LogP contribution in [0.15, 0.2) is 60.8 Å². The molecule has 2 amide bonds. The zero-order valence-electron chi connectivity index (χ0n) is 18.4. The largest absolute Gasteiger partial charge is 0.447 e. The normalized spacial score (nSPS) is 12.1. The van der Waals surface area contributed by atoms with Crippen LogP contribution in [0, 0.1) is 0 Å². The average molecular weight is 508 g/mol. The van der Waals surface area contributed by atoms with Crippen molar-refractivity contribution in [2.45, 2.75) is 19.1 Å². The van der Waals surface area contributed by atoms with E-state index < -0.39 is 29.8 Å². The summed E-state index contributed by atoms with van der Waals surface area (Å²) in [6.45, 7) is 1.26. The van der Waals surface area contributed by atoms with Gasteiger partial charge in [-0.15, -0.1) is 0 Å². The minimum Gasteiger partial charge on any atom is -0.447 e. The minimum atomic E-state index is -4.55. The van der Waals surface area contributed by atoms with Crippen molar-refractivity contribution >= 4 is 35.2 Å². The quantitative estimate of drug-likeness (QED) is 0.454. The number of hydrogen-bond acceptors (Lipinski definition) is 6. The number of aromatic nitrogens is 2. The number of carbonyl (C=O) groups excluding carboxylic acids is 2. The van der Waals surface area contributed by atoms with Gasteiger partial charge in [0.05, 0.1) is 29.5 Å². The van der Waals surface area contributed by atoms with Gasteiger partial charge in [0.15, 0.2) is 0 Å². The SMILES string of the molecule is CC(N)C(=O)NCCOC(=O)N(c1ccc(C(F)(F)F)cc1)c1nccc(-c2cccc(Cl)c2)n1. The second-order valence-corrected chi connectivity index (χ2v) is 7.76. The van der Waals surface area contributed by atoms with Crippen molar-refractivity contribution in [3.8, 4) is 11.3 Å². The lowest BCUT2D eigenvalue weighted by molar-refractivity contribution is -0.137. The first-order valence-electron chi connectivity index (χ1n) is 10.3. The molecule has 0 spiro atoms. The van der Waals surface area contributed by atoms with E-state index in [2.05, 4.69) is 15.3 Å². The summed E-state index contributed by atoms with van der Waals surface area (Å²) in [6, 6.07) is 11.6. The van der Waals surface area contributed by atoms with Crippen LogP contribution in [-0.4, -0.2) is 41.2 Å². The van der Waals surface area contributed by atoms with Crippen molar-refractivity contribution < 1.29 is 27.5 Å². The smallest absolute Gasteiger partial charge is 0.421 e. The number of alkyl halides is 3. The summed E-state index contributed by atoms with van der Waals surface area (Å²) in [4.78, 5) is 33.9. The molecule has 0 fully saturated rings. The number of hydrogen-bond donors (Lipinski definition) is 2. The van der Waals surface area contributed by atoms with E-state index in [-0.39, 0.29) is 24.8 Å². The van der Waals surface area contributed by atoms with Crippen molar-refractivity contribution in [2.24, 2.45) is 5.73 Å². The molecule has 0 radical (unpaired) electrons. The number of carbonyl (C=O) groups is 2. The fraction of sp³-hybridized carbons (Fsp3) is 0.217. The van der Waals surface area contributed by atoms with E-state index in [1.165, 1.54) is 13.1 Å². The van der Waals surface area contributed by atoms with Crippen molar-refractivity contribution in [3.63, 3.8) is 0 Å². The van der Waals surface area contributed by atoms with Crippen LogP contribution in [0.1, 0.15) is 12.5 Å². The van der Waals surface area contributed by atoms with Gasteiger partial charge in [-0.1, -0.05) is 23.7 Å².